The Labute approximate surface area is 226 Å². The summed E-state index contributed by atoms with van der Waals surface area (Å²) < 4.78 is 94.8. The van der Waals surface area contributed by atoms with Gasteiger partial charge in [-0.2, -0.15) is 22.0 Å². The van der Waals surface area contributed by atoms with Crippen LogP contribution in [0.4, 0.5) is 37.7 Å². The molecule has 0 saturated carbocycles. The highest BCUT2D eigenvalue weighted by atomic mass is 19.4. The third kappa shape index (κ3) is 9.75. The fraction of sp³-hybridized carbons (Fsp3) is 0.250. The van der Waals surface area contributed by atoms with E-state index in [0.29, 0.717) is 29.4 Å². The Balaban J connectivity index is 1.50. The number of rotatable bonds is 12. The highest BCUT2D eigenvalue weighted by Gasteiger charge is 2.38. The maximum atomic E-state index is 14.6. The van der Waals surface area contributed by atoms with Crippen molar-refractivity contribution < 1.29 is 45.3 Å². The van der Waals surface area contributed by atoms with Crippen molar-refractivity contribution in [3.8, 4) is 11.5 Å². The van der Waals surface area contributed by atoms with Gasteiger partial charge in [-0.1, -0.05) is 12.1 Å². The fourth-order valence-corrected chi connectivity index (χ4v) is 3.51. The van der Waals surface area contributed by atoms with Crippen LogP contribution in [0.25, 0.3) is 6.08 Å². The number of benzene rings is 3. The molecule has 0 aliphatic heterocycles. The molecule has 0 aromatic heterocycles. The first-order chi connectivity index (χ1) is 18.8. The molecule has 0 saturated heterocycles. The molecule has 3 aromatic carbocycles. The molecular formula is C28H26F6N2O4. The Bertz CT molecular complexity index is 1310. The number of nitrogen functional groups attached to an aromatic ring is 2. The number of nitrogens with two attached hydrogens (primary N) is 2. The Hall–Kier alpha value is -4.35. The summed E-state index contributed by atoms with van der Waals surface area (Å²) in [6.07, 6.45) is -6.87. The maximum absolute atomic E-state index is 14.6. The molecule has 0 radical (unpaired) electrons. The van der Waals surface area contributed by atoms with Gasteiger partial charge in [-0.25, -0.2) is 9.18 Å². The predicted molar refractivity (Wildman–Crippen MR) is 137 cm³/mol. The van der Waals surface area contributed by atoms with E-state index in [0.717, 1.165) is 17.7 Å². The summed E-state index contributed by atoms with van der Waals surface area (Å²) in [5, 5.41) is 0. The van der Waals surface area contributed by atoms with E-state index in [1.165, 1.54) is 36.4 Å². The van der Waals surface area contributed by atoms with E-state index in [4.69, 9.17) is 20.9 Å². The lowest BCUT2D eigenvalue weighted by molar-refractivity contribution is -0.187. The molecule has 214 valence electrons. The summed E-state index contributed by atoms with van der Waals surface area (Å²) in [4.78, 5) is 11.9. The first kappa shape index (κ1) is 30.2. The Kier molecular flexibility index (Phi) is 9.92. The number of carbonyl (C=O) groups is 1. The summed E-state index contributed by atoms with van der Waals surface area (Å²) in [5.41, 5.74) is 12.7. The van der Waals surface area contributed by atoms with Crippen LogP contribution in [0.5, 0.6) is 11.5 Å². The predicted octanol–water partition coefficient (Wildman–Crippen LogP) is 6.64. The van der Waals surface area contributed by atoms with Crippen LogP contribution in [-0.4, -0.2) is 25.4 Å². The van der Waals surface area contributed by atoms with Gasteiger partial charge in [0.05, 0.1) is 13.2 Å². The quantitative estimate of drug-likeness (QED) is 0.0836. The van der Waals surface area contributed by atoms with E-state index in [1.54, 1.807) is 18.2 Å². The van der Waals surface area contributed by atoms with Crippen molar-refractivity contribution in [1.29, 1.82) is 0 Å². The third-order valence-corrected chi connectivity index (χ3v) is 5.34. The van der Waals surface area contributed by atoms with E-state index in [1.807, 2.05) is 0 Å². The lowest BCUT2D eigenvalue weighted by atomic mass is 10.1. The van der Waals surface area contributed by atoms with E-state index in [-0.39, 0.29) is 31.1 Å². The largest absolute Gasteiger partial charge is 0.493 e. The molecule has 3 rings (SSSR count). The SMILES string of the molecule is Nc1cc(N)cc(CCOC(=O)/C=C/c2ccc(OC(F)(F)c3ccc(OCCCC(F)(F)F)cc3F)cc2)c1. The van der Waals surface area contributed by atoms with Gasteiger partial charge in [0, 0.05) is 36.4 Å². The minimum absolute atomic E-state index is 0.0929. The molecule has 0 aliphatic carbocycles. The first-order valence-corrected chi connectivity index (χ1v) is 12.0. The number of hydrogen-bond donors (Lipinski definition) is 2. The molecule has 0 amide bonds. The van der Waals surface area contributed by atoms with Crippen molar-refractivity contribution in [2.45, 2.75) is 31.5 Å². The van der Waals surface area contributed by atoms with Crippen molar-refractivity contribution in [2.24, 2.45) is 0 Å². The molecule has 4 N–H and O–H groups in total. The topological polar surface area (TPSA) is 96.8 Å². The highest BCUT2D eigenvalue weighted by Crippen LogP contribution is 2.34. The van der Waals surface area contributed by atoms with Crippen molar-refractivity contribution in [3.05, 3.63) is 89.2 Å². The number of carbonyl (C=O) groups excluding carboxylic acids is 1. The molecule has 3 aromatic rings. The van der Waals surface area contributed by atoms with Crippen LogP contribution in [0.2, 0.25) is 0 Å². The maximum Gasteiger partial charge on any atom is 0.429 e. The van der Waals surface area contributed by atoms with E-state index in [9.17, 15) is 31.1 Å². The van der Waals surface area contributed by atoms with Crippen LogP contribution >= 0.6 is 0 Å². The van der Waals surface area contributed by atoms with Crippen LogP contribution in [0.1, 0.15) is 29.5 Å². The van der Waals surface area contributed by atoms with Crippen molar-refractivity contribution in [3.63, 3.8) is 0 Å². The second-order valence-corrected chi connectivity index (χ2v) is 8.66. The summed E-state index contributed by atoms with van der Waals surface area (Å²) >= 11 is 0. The highest BCUT2D eigenvalue weighted by molar-refractivity contribution is 5.87. The number of hydrogen-bond acceptors (Lipinski definition) is 6. The van der Waals surface area contributed by atoms with Gasteiger partial charge < -0.3 is 25.7 Å². The molecule has 12 heteroatoms. The van der Waals surface area contributed by atoms with E-state index < -0.39 is 36.1 Å². The van der Waals surface area contributed by atoms with Gasteiger partial charge in [-0.15, -0.1) is 0 Å². The third-order valence-electron chi connectivity index (χ3n) is 5.34. The Morgan fingerprint density at radius 2 is 1.50 bits per heavy atom. The number of anilines is 2. The molecule has 0 atom stereocenters. The van der Waals surface area contributed by atoms with Crippen LogP contribution in [0.15, 0.2) is 66.7 Å². The number of esters is 1. The zero-order valence-corrected chi connectivity index (χ0v) is 21.0. The summed E-state index contributed by atoms with van der Waals surface area (Å²) in [6, 6.07) is 12.7. The van der Waals surface area contributed by atoms with E-state index >= 15 is 0 Å². The lowest BCUT2D eigenvalue weighted by Gasteiger charge is -2.19. The van der Waals surface area contributed by atoms with Crippen molar-refractivity contribution >= 4 is 23.4 Å². The zero-order valence-electron chi connectivity index (χ0n) is 21.0. The smallest absolute Gasteiger partial charge is 0.429 e. The van der Waals surface area contributed by atoms with Gasteiger partial charge in [0.25, 0.3) is 0 Å². The lowest BCUT2D eigenvalue weighted by Crippen LogP contribution is -2.23. The van der Waals surface area contributed by atoms with Crippen molar-refractivity contribution in [2.75, 3.05) is 24.7 Å². The van der Waals surface area contributed by atoms with Crippen LogP contribution in [-0.2, 0) is 22.1 Å². The van der Waals surface area contributed by atoms with Gasteiger partial charge in [-0.3, -0.25) is 0 Å². The van der Waals surface area contributed by atoms with Crippen LogP contribution < -0.4 is 20.9 Å². The normalized spacial score (nSPS) is 11.9. The molecule has 0 spiro atoms. The second kappa shape index (κ2) is 13.1. The first-order valence-electron chi connectivity index (χ1n) is 12.0. The minimum Gasteiger partial charge on any atom is -0.493 e. The molecule has 40 heavy (non-hydrogen) atoms. The average Bonchev–Trinajstić information content (AvgIpc) is 2.85. The van der Waals surface area contributed by atoms with Gasteiger partial charge in [0.2, 0.25) is 0 Å². The number of alkyl halides is 5. The molecule has 0 aliphatic rings. The van der Waals surface area contributed by atoms with Gasteiger partial charge in [-0.05, 0) is 66.1 Å². The fourth-order valence-electron chi connectivity index (χ4n) is 3.51. The van der Waals surface area contributed by atoms with E-state index in [2.05, 4.69) is 4.74 Å². The Morgan fingerprint density at radius 3 is 2.12 bits per heavy atom. The van der Waals surface area contributed by atoms with Crippen LogP contribution in [0, 0.1) is 5.82 Å². The van der Waals surface area contributed by atoms with Gasteiger partial charge >= 0.3 is 18.3 Å². The molecule has 6 nitrogen and oxygen atoms in total. The number of halogens is 6. The summed E-state index contributed by atoms with van der Waals surface area (Å²) in [5.74, 6) is -2.44. The zero-order chi connectivity index (χ0) is 29.3. The molecular weight excluding hydrogens is 542 g/mol. The molecule has 0 heterocycles. The monoisotopic (exact) mass is 568 g/mol. The second-order valence-electron chi connectivity index (χ2n) is 8.66. The Morgan fingerprint density at radius 1 is 0.850 bits per heavy atom. The average molecular weight is 569 g/mol. The number of ether oxygens (including phenoxy) is 3. The van der Waals surface area contributed by atoms with Crippen molar-refractivity contribution in [1.82, 2.24) is 0 Å². The molecule has 0 unspecified atom stereocenters. The van der Waals surface area contributed by atoms with Gasteiger partial charge in [0.15, 0.2) is 0 Å². The molecule has 0 bridgehead atoms. The summed E-state index contributed by atoms with van der Waals surface area (Å²) in [7, 11) is 0. The minimum atomic E-state index is -4.35. The van der Waals surface area contributed by atoms with Gasteiger partial charge in [0.1, 0.15) is 22.9 Å². The summed E-state index contributed by atoms with van der Waals surface area (Å²) in [6.45, 7) is -0.266. The molecule has 0 fully saturated rings. The standard InChI is InChI=1S/C28H26F6N2O4/c29-25-17-23(38-12-1-11-27(30,31)32)7-8-24(25)28(33,34)40-22-5-2-18(3-6-22)4-9-26(37)39-13-10-19-14-20(35)16-21(36)15-19/h2-9,14-17H,1,10-13,35-36H2/b9-4+. The van der Waals surface area contributed by atoms with Crippen LogP contribution in [0.3, 0.4) is 0 Å².